The van der Waals surface area contributed by atoms with E-state index in [1.165, 1.54) is 0 Å². The first-order chi connectivity index (χ1) is 9.85. The molecule has 3 N–H and O–H groups in total. The molecule has 0 bridgehead atoms. The molecular weight excluding hydrogens is 270 g/mol. The Bertz CT molecular complexity index is 654. The van der Waals surface area contributed by atoms with Crippen LogP contribution in [0, 0.1) is 5.41 Å². The fourth-order valence-corrected chi connectivity index (χ4v) is 2.05. The minimum absolute atomic E-state index is 0.0206. The Balaban J connectivity index is 2.20. The summed E-state index contributed by atoms with van der Waals surface area (Å²) < 4.78 is 0. The van der Waals surface area contributed by atoms with Gasteiger partial charge in [0.25, 0.3) is 5.91 Å². The van der Waals surface area contributed by atoms with Crippen molar-refractivity contribution in [1.29, 1.82) is 0 Å². The van der Waals surface area contributed by atoms with Gasteiger partial charge in [0.1, 0.15) is 0 Å². The van der Waals surface area contributed by atoms with Gasteiger partial charge >= 0.3 is 5.69 Å². The van der Waals surface area contributed by atoms with Gasteiger partial charge in [0.05, 0.1) is 6.04 Å². The molecule has 7 nitrogen and oxygen atoms in total. The summed E-state index contributed by atoms with van der Waals surface area (Å²) in [7, 11) is 0. The van der Waals surface area contributed by atoms with Crippen molar-refractivity contribution in [3.8, 4) is 0 Å². The van der Waals surface area contributed by atoms with E-state index in [0.29, 0.717) is 0 Å². The molecule has 0 fully saturated rings. The summed E-state index contributed by atoms with van der Waals surface area (Å²) in [5.41, 5.74) is 0.430. The van der Waals surface area contributed by atoms with E-state index in [1.807, 2.05) is 12.1 Å². The first kappa shape index (κ1) is 15.0. The quantitative estimate of drug-likeness (QED) is 0.791. The molecule has 0 radical (unpaired) electrons. The van der Waals surface area contributed by atoms with Crippen molar-refractivity contribution >= 4 is 5.91 Å². The molecule has 21 heavy (non-hydrogen) atoms. The highest BCUT2D eigenvalue weighted by atomic mass is 16.2. The number of amides is 1. The van der Waals surface area contributed by atoms with E-state index in [0.717, 1.165) is 12.0 Å². The maximum atomic E-state index is 12.1. The molecule has 1 amide bonds. The fraction of sp³-hybridized carbons (Fsp3) is 0.429. The molecule has 0 aliphatic carbocycles. The number of rotatable bonds is 4. The third-order valence-corrected chi connectivity index (χ3v) is 2.92. The highest BCUT2D eigenvalue weighted by Crippen LogP contribution is 2.29. The molecule has 0 aliphatic heterocycles. The van der Waals surface area contributed by atoms with Crippen molar-refractivity contribution in [2.45, 2.75) is 33.2 Å². The van der Waals surface area contributed by atoms with E-state index in [-0.39, 0.29) is 17.3 Å². The Morgan fingerprint density at radius 1 is 1.43 bits per heavy atom. The van der Waals surface area contributed by atoms with Crippen LogP contribution in [0.1, 0.15) is 49.4 Å². The first-order valence-corrected chi connectivity index (χ1v) is 6.71. The number of aromatic amines is 2. The lowest BCUT2D eigenvalue weighted by molar-refractivity contribution is 0.0916. The van der Waals surface area contributed by atoms with E-state index >= 15 is 0 Å². The number of pyridine rings is 1. The Morgan fingerprint density at radius 3 is 2.71 bits per heavy atom. The van der Waals surface area contributed by atoms with Crippen LogP contribution in [0.3, 0.4) is 0 Å². The lowest BCUT2D eigenvalue weighted by atomic mass is 9.86. The Morgan fingerprint density at radius 2 is 2.19 bits per heavy atom. The SMILES string of the molecule is CC(C)(C)CC(NC(=O)c1n[nH]c(=O)[nH]1)c1cccnc1. The number of H-pyrrole nitrogens is 2. The van der Waals surface area contributed by atoms with Gasteiger partial charge in [-0.05, 0) is 23.5 Å². The van der Waals surface area contributed by atoms with Gasteiger partial charge in [-0.3, -0.25) is 14.8 Å². The Hall–Kier alpha value is -2.44. The van der Waals surface area contributed by atoms with E-state index < -0.39 is 11.6 Å². The number of nitrogens with one attached hydrogen (secondary N) is 3. The highest BCUT2D eigenvalue weighted by Gasteiger charge is 2.23. The Kier molecular flexibility index (Phi) is 4.21. The summed E-state index contributed by atoms with van der Waals surface area (Å²) in [5, 5.41) is 8.70. The zero-order chi connectivity index (χ0) is 15.5. The molecule has 0 aromatic carbocycles. The van der Waals surface area contributed by atoms with Gasteiger partial charge in [0, 0.05) is 12.4 Å². The van der Waals surface area contributed by atoms with Gasteiger partial charge in [-0.1, -0.05) is 26.8 Å². The summed E-state index contributed by atoms with van der Waals surface area (Å²) in [5.74, 6) is -0.450. The highest BCUT2D eigenvalue weighted by molar-refractivity contribution is 5.90. The summed E-state index contributed by atoms with van der Waals surface area (Å²) >= 11 is 0. The number of hydrogen-bond donors (Lipinski definition) is 3. The summed E-state index contributed by atoms with van der Waals surface area (Å²) in [6, 6.07) is 3.54. The van der Waals surface area contributed by atoms with Gasteiger partial charge in [0.15, 0.2) is 0 Å². The third kappa shape index (κ3) is 4.27. The Labute approximate surface area is 122 Å². The van der Waals surface area contributed by atoms with Gasteiger partial charge in [0.2, 0.25) is 5.82 Å². The summed E-state index contributed by atoms with van der Waals surface area (Å²) in [6.07, 6.45) is 4.15. The maximum Gasteiger partial charge on any atom is 0.341 e. The smallest absolute Gasteiger partial charge is 0.341 e. The average molecular weight is 289 g/mol. The standard InChI is InChI=1S/C14H19N5O2/c1-14(2,3)7-10(9-5-4-6-15-8-9)16-12(20)11-17-13(21)19-18-11/h4-6,8,10H,7H2,1-3H3,(H,16,20)(H2,17,18,19,21). The van der Waals surface area contributed by atoms with Crippen molar-refractivity contribution in [2.24, 2.45) is 5.41 Å². The van der Waals surface area contributed by atoms with Crippen molar-refractivity contribution in [1.82, 2.24) is 25.5 Å². The van der Waals surface area contributed by atoms with Crippen LogP contribution < -0.4 is 11.0 Å². The van der Waals surface area contributed by atoms with Gasteiger partial charge in [-0.2, -0.15) is 0 Å². The van der Waals surface area contributed by atoms with Crippen LogP contribution in [-0.4, -0.2) is 26.1 Å². The molecule has 2 heterocycles. The van der Waals surface area contributed by atoms with Gasteiger partial charge in [-0.15, -0.1) is 5.10 Å². The minimum Gasteiger partial charge on any atom is -0.342 e. The van der Waals surface area contributed by atoms with Crippen LogP contribution in [0.25, 0.3) is 0 Å². The van der Waals surface area contributed by atoms with Crippen molar-refractivity contribution < 1.29 is 4.79 Å². The zero-order valence-electron chi connectivity index (χ0n) is 12.3. The van der Waals surface area contributed by atoms with Gasteiger partial charge < -0.3 is 5.32 Å². The van der Waals surface area contributed by atoms with Crippen LogP contribution in [0.4, 0.5) is 0 Å². The minimum atomic E-state index is -0.506. The van der Waals surface area contributed by atoms with Crippen LogP contribution in [0.15, 0.2) is 29.3 Å². The van der Waals surface area contributed by atoms with E-state index in [9.17, 15) is 9.59 Å². The van der Waals surface area contributed by atoms with Crippen LogP contribution in [-0.2, 0) is 0 Å². The lowest BCUT2D eigenvalue weighted by Gasteiger charge is -2.26. The molecule has 7 heteroatoms. The lowest BCUT2D eigenvalue weighted by Crippen LogP contribution is -2.32. The number of carbonyl (C=O) groups is 1. The number of carbonyl (C=O) groups excluding carboxylic acids is 1. The molecule has 0 spiro atoms. The normalized spacial score (nSPS) is 12.9. The predicted octanol–water partition coefficient (Wildman–Crippen LogP) is 1.40. The first-order valence-electron chi connectivity index (χ1n) is 6.71. The molecule has 1 unspecified atom stereocenters. The predicted molar refractivity (Wildman–Crippen MR) is 77.7 cm³/mol. The molecule has 0 saturated heterocycles. The second-order valence-electron chi connectivity index (χ2n) is 6.10. The molecule has 2 aromatic heterocycles. The van der Waals surface area contributed by atoms with E-state index in [4.69, 9.17) is 0 Å². The largest absolute Gasteiger partial charge is 0.342 e. The van der Waals surface area contributed by atoms with Crippen molar-refractivity contribution in [3.05, 3.63) is 46.4 Å². The molecule has 1 atom stereocenters. The molecule has 112 valence electrons. The monoisotopic (exact) mass is 289 g/mol. The summed E-state index contributed by atoms with van der Waals surface area (Å²) in [4.78, 5) is 29.6. The van der Waals surface area contributed by atoms with Crippen LogP contribution in [0.2, 0.25) is 0 Å². The molecule has 0 aliphatic rings. The summed E-state index contributed by atoms with van der Waals surface area (Å²) in [6.45, 7) is 6.29. The number of aromatic nitrogens is 4. The average Bonchev–Trinajstić information content (AvgIpc) is 2.84. The van der Waals surface area contributed by atoms with Crippen LogP contribution in [0.5, 0.6) is 0 Å². The van der Waals surface area contributed by atoms with Crippen molar-refractivity contribution in [2.75, 3.05) is 0 Å². The van der Waals surface area contributed by atoms with E-state index in [1.54, 1.807) is 12.4 Å². The zero-order valence-corrected chi connectivity index (χ0v) is 12.3. The van der Waals surface area contributed by atoms with E-state index in [2.05, 4.69) is 46.3 Å². The second-order valence-corrected chi connectivity index (χ2v) is 6.10. The number of hydrogen-bond acceptors (Lipinski definition) is 4. The molecular formula is C14H19N5O2. The topological polar surface area (TPSA) is 104 Å². The van der Waals surface area contributed by atoms with Crippen LogP contribution >= 0.6 is 0 Å². The molecule has 2 rings (SSSR count). The maximum absolute atomic E-state index is 12.1. The fourth-order valence-electron chi connectivity index (χ4n) is 2.05. The number of nitrogens with zero attached hydrogens (tertiary/aromatic N) is 2. The third-order valence-electron chi connectivity index (χ3n) is 2.92. The molecule has 2 aromatic rings. The van der Waals surface area contributed by atoms with Crippen molar-refractivity contribution in [3.63, 3.8) is 0 Å². The molecule has 0 saturated carbocycles. The second kappa shape index (κ2) is 5.90. The van der Waals surface area contributed by atoms with Gasteiger partial charge in [-0.25, -0.2) is 9.89 Å².